The van der Waals surface area contributed by atoms with Gasteiger partial charge in [0.1, 0.15) is 29.7 Å². The number of halogens is 2. The summed E-state index contributed by atoms with van der Waals surface area (Å²) < 4.78 is 13.9. The number of fused-ring (bicyclic) bond motifs is 1. The maximum Gasteiger partial charge on any atom is 0.335 e. The van der Waals surface area contributed by atoms with E-state index in [9.17, 15) is 9.90 Å². The van der Waals surface area contributed by atoms with Gasteiger partial charge in [-0.15, -0.1) is 0 Å². The molecular weight excluding hydrogens is 577 g/mol. The molecule has 4 N–H and O–H groups in total. The highest BCUT2D eigenvalue weighted by Crippen LogP contribution is 2.29. The van der Waals surface area contributed by atoms with Crippen molar-refractivity contribution in [2.24, 2.45) is 11.7 Å². The van der Waals surface area contributed by atoms with E-state index in [1.807, 2.05) is 19.1 Å². The van der Waals surface area contributed by atoms with Crippen LogP contribution in [0.25, 0.3) is 11.0 Å². The second-order valence-corrected chi connectivity index (χ2v) is 11.3. The first-order valence-corrected chi connectivity index (χ1v) is 14.8. The van der Waals surface area contributed by atoms with Crippen LogP contribution in [0.4, 0.5) is 0 Å². The molecule has 0 unspecified atom stereocenters. The predicted molar refractivity (Wildman–Crippen MR) is 164 cm³/mol. The van der Waals surface area contributed by atoms with Gasteiger partial charge in [0.15, 0.2) is 0 Å². The number of aromatic carboxylic acids is 1. The van der Waals surface area contributed by atoms with Crippen LogP contribution in [-0.2, 0) is 26.1 Å². The third-order valence-electron chi connectivity index (χ3n) is 7.55. The maximum absolute atomic E-state index is 11.6. The Morgan fingerprint density at radius 1 is 1.17 bits per heavy atom. The van der Waals surface area contributed by atoms with Gasteiger partial charge in [0, 0.05) is 29.9 Å². The standard InChI is InChI=1S/C31H35Cl2N5O4/c1-2-35-23(16-34)17-38-28-14-21(31(39)40)3-7-27(28)36-30(38)18-37-11-9-20(10-12-37)13-24-5-6-25(42-24)19-41-29-8-4-22(32)15-26(29)33/h3-8,14-16,20,35H,2,9-13,17-19,34H2,1H3,(H,39,40)/b23-16-. The van der Waals surface area contributed by atoms with E-state index in [2.05, 4.69) is 14.8 Å². The van der Waals surface area contributed by atoms with Gasteiger partial charge >= 0.3 is 5.97 Å². The van der Waals surface area contributed by atoms with E-state index in [1.165, 1.54) is 0 Å². The minimum atomic E-state index is -0.961. The van der Waals surface area contributed by atoms with Gasteiger partial charge in [0.25, 0.3) is 0 Å². The number of piperidine rings is 1. The molecule has 0 bridgehead atoms. The van der Waals surface area contributed by atoms with Crippen molar-refractivity contribution in [3.8, 4) is 5.75 Å². The highest BCUT2D eigenvalue weighted by atomic mass is 35.5. The van der Waals surface area contributed by atoms with Crippen molar-refractivity contribution in [3.05, 3.63) is 93.4 Å². The summed E-state index contributed by atoms with van der Waals surface area (Å²) in [6.45, 7) is 6.08. The third-order valence-corrected chi connectivity index (χ3v) is 8.08. The number of nitrogens with two attached hydrogens (primary N) is 1. The molecule has 222 valence electrons. The van der Waals surface area contributed by atoms with E-state index >= 15 is 0 Å². The van der Waals surface area contributed by atoms with Crippen molar-refractivity contribution in [1.29, 1.82) is 0 Å². The number of carboxylic acid groups (broad SMARTS) is 1. The van der Waals surface area contributed by atoms with Gasteiger partial charge in [-0.05, 0) is 87.3 Å². The maximum atomic E-state index is 11.6. The quantitative estimate of drug-likeness (QED) is 0.176. The van der Waals surface area contributed by atoms with Crippen molar-refractivity contribution in [3.63, 3.8) is 0 Å². The molecule has 1 fully saturated rings. The molecular formula is C31H35Cl2N5O4. The normalized spacial score (nSPS) is 14.9. The summed E-state index contributed by atoms with van der Waals surface area (Å²) in [7, 11) is 0. The van der Waals surface area contributed by atoms with Crippen LogP contribution in [0.15, 0.2) is 64.8 Å². The van der Waals surface area contributed by atoms with Crippen LogP contribution in [0.3, 0.4) is 0 Å². The average Bonchev–Trinajstić information content (AvgIpc) is 3.56. The third kappa shape index (κ3) is 7.21. The molecule has 2 aromatic carbocycles. The lowest BCUT2D eigenvalue weighted by Gasteiger charge is -2.31. The van der Waals surface area contributed by atoms with Gasteiger partial charge < -0.3 is 29.9 Å². The highest BCUT2D eigenvalue weighted by molar-refractivity contribution is 6.35. The van der Waals surface area contributed by atoms with Crippen molar-refractivity contribution in [1.82, 2.24) is 19.8 Å². The zero-order valence-corrected chi connectivity index (χ0v) is 25.0. The molecule has 2 aromatic heterocycles. The zero-order chi connectivity index (χ0) is 29.6. The summed E-state index contributed by atoms with van der Waals surface area (Å²) in [5, 5.41) is 13.9. The molecule has 5 rings (SSSR count). The molecule has 0 aliphatic carbocycles. The summed E-state index contributed by atoms with van der Waals surface area (Å²) in [6.07, 6.45) is 4.52. The minimum absolute atomic E-state index is 0.235. The SMILES string of the molecule is CCN/C(=C\N)Cn1c(CN2CCC(Cc3ccc(COc4ccc(Cl)cc4Cl)o3)CC2)nc2ccc(C(=O)O)cc21. The molecule has 4 aromatic rings. The number of hydrogen-bond acceptors (Lipinski definition) is 7. The molecule has 1 saturated heterocycles. The monoisotopic (exact) mass is 611 g/mol. The number of nitrogens with zero attached hydrogens (tertiary/aromatic N) is 3. The van der Waals surface area contributed by atoms with Gasteiger partial charge in [-0.3, -0.25) is 4.90 Å². The number of furan rings is 1. The van der Waals surface area contributed by atoms with Gasteiger partial charge in [0.05, 0.1) is 34.7 Å². The van der Waals surface area contributed by atoms with E-state index in [0.29, 0.717) is 41.4 Å². The molecule has 0 saturated carbocycles. The van der Waals surface area contributed by atoms with Crippen LogP contribution >= 0.6 is 23.2 Å². The second-order valence-electron chi connectivity index (χ2n) is 10.5. The zero-order valence-electron chi connectivity index (χ0n) is 23.5. The van der Waals surface area contributed by atoms with Crippen LogP contribution in [-0.4, -0.2) is 45.2 Å². The molecule has 0 atom stereocenters. The summed E-state index contributed by atoms with van der Waals surface area (Å²) in [5.74, 6) is 2.72. The number of nitrogens with one attached hydrogen (secondary N) is 1. The van der Waals surface area contributed by atoms with Crippen LogP contribution in [0.1, 0.15) is 47.5 Å². The number of allylic oxidation sites excluding steroid dienone is 1. The van der Waals surface area contributed by atoms with Crippen molar-refractivity contribution in [2.45, 2.75) is 45.9 Å². The summed E-state index contributed by atoms with van der Waals surface area (Å²) in [5.41, 5.74) is 8.53. The van der Waals surface area contributed by atoms with Crippen LogP contribution in [0.5, 0.6) is 5.75 Å². The van der Waals surface area contributed by atoms with Crippen molar-refractivity contribution >= 4 is 40.2 Å². The number of carbonyl (C=O) groups is 1. The van der Waals surface area contributed by atoms with E-state index in [4.69, 9.17) is 43.1 Å². The predicted octanol–water partition coefficient (Wildman–Crippen LogP) is 6.08. The number of imidazole rings is 1. The topological polar surface area (TPSA) is 119 Å². The first-order valence-electron chi connectivity index (χ1n) is 14.1. The number of likely N-dealkylation sites (N-methyl/N-ethyl adjacent to an activating group) is 1. The van der Waals surface area contributed by atoms with E-state index < -0.39 is 5.97 Å². The summed E-state index contributed by atoms with van der Waals surface area (Å²) >= 11 is 12.2. The Morgan fingerprint density at radius 2 is 1.95 bits per heavy atom. The molecule has 0 amide bonds. The molecule has 1 aliphatic heterocycles. The Kier molecular flexibility index (Phi) is 9.62. The number of carboxylic acids is 1. The van der Waals surface area contributed by atoms with Gasteiger partial charge in [-0.25, -0.2) is 9.78 Å². The number of hydrogen-bond donors (Lipinski definition) is 3. The fourth-order valence-electron chi connectivity index (χ4n) is 5.35. The van der Waals surface area contributed by atoms with Gasteiger partial charge in [-0.2, -0.15) is 0 Å². The number of benzene rings is 2. The van der Waals surface area contributed by atoms with Crippen molar-refractivity contribution in [2.75, 3.05) is 19.6 Å². The molecule has 0 spiro atoms. The molecule has 42 heavy (non-hydrogen) atoms. The van der Waals surface area contributed by atoms with Crippen LogP contribution in [0, 0.1) is 5.92 Å². The van der Waals surface area contributed by atoms with Crippen molar-refractivity contribution < 1.29 is 19.1 Å². The Hall–Kier alpha value is -3.66. The lowest BCUT2D eigenvalue weighted by Crippen LogP contribution is -2.34. The largest absolute Gasteiger partial charge is 0.484 e. The van der Waals surface area contributed by atoms with Crippen LogP contribution < -0.4 is 15.8 Å². The van der Waals surface area contributed by atoms with Gasteiger partial charge in [-0.1, -0.05) is 23.2 Å². The fraction of sp³-hybridized carbons (Fsp3) is 0.355. The number of ether oxygens (including phenoxy) is 1. The number of likely N-dealkylation sites (tertiary alicyclic amines) is 1. The first-order chi connectivity index (χ1) is 20.3. The minimum Gasteiger partial charge on any atom is -0.484 e. The molecule has 0 radical (unpaired) electrons. The molecule has 9 nitrogen and oxygen atoms in total. The lowest BCUT2D eigenvalue weighted by molar-refractivity contribution is 0.0697. The highest BCUT2D eigenvalue weighted by Gasteiger charge is 2.23. The smallest absolute Gasteiger partial charge is 0.335 e. The summed E-state index contributed by atoms with van der Waals surface area (Å²) in [4.78, 5) is 18.9. The molecule has 11 heteroatoms. The lowest BCUT2D eigenvalue weighted by atomic mass is 9.92. The van der Waals surface area contributed by atoms with E-state index in [0.717, 1.165) is 73.0 Å². The Labute approximate surface area is 254 Å². The summed E-state index contributed by atoms with van der Waals surface area (Å²) in [6, 6.07) is 14.2. The molecule has 3 heterocycles. The second kappa shape index (κ2) is 13.5. The first kappa shape index (κ1) is 29.8. The number of rotatable bonds is 12. The van der Waals surface area contributed by atoms with E-state index in [-0.39, 0.29) is 5.56 Å². The molecule has 1 aliphatic rings. The van der Waals surface area contributed by atoms with Gasteiger partial charge in [0.2, 0.25) is 0 Å². The average molecular weight is 613 g/mol. The Balaban J connectivity index is 1.19. The van der Waals surface area contributed by atoms with E-state index in [1.54, 1.807) is 42.6 Å². The number of aromatic nitrogens is 2. The Morgan fingerprint density at radius 3 is 2.67 bits per heavy atom. The Bertz CT molecular complexity index is 1570. The van der Waals surface area contributed by atoms with Crippen LogP contribution in [0.2, 0.25) is 10.0 Å². The fourth-order valence-corrected chi connectivity index (χ4v) is 5.81.